The van der Waals surface area contributed by atoms with Crippen molar-refractivity contribution in [1.29, 1.82) is 0 Å². The number of amides is 1. The number of rotatable bonds is 5. The van der Waals surface area contributed by atoms with Crippen LogP contribution in [0.2, 0.25) is 0 Å². The maximum atomic E-state index is 12.4. The van der Waals surface area contributed by atoms with Gasteiger partial charge in [-0.3, -0.25) is 4.79 Å². The molecule has 1 aromatic heterocycles. The number of methoxy groups -OCH3 is 1. The highest BCUT2D eigenvalue weighted by Crippen LogP contribution is 2.40. The Morgan fingerprint density at radius 3 is 2.79 bits per heavy atom. The second kappa shape index (κ2) is 7.75. The van der Waals surface area contributed by atoms with Crippen LogP contribution >= 0.6 is 0 Å². The molecule has 1 aromatic carbocycles. The molecule has 1 aliphatic heterocycles. The standard InChI is InChI=1S/C19H25N5O4/c1-13-5-7-19(8-6-13,20-17(25)12-26-2)18-21-22-23-24(18)14-3-4-15-16(11-14)28-10-9-27-15/h3-4,11,13H,5-10,12H2,1-2H3,(H,20,25). The van der Waals surface area contributed by atoms with Gasteiger partial charge in [0, 0.05) is 13.2 Å². The first-order chi connectivity index (χ1) is 13.6. The molecule has 9 heteroatoms. The third-order valence-corrected chi connectivity index (χ3v) is 5.45. The van der Waals surface area contributed by atoms with Gasteiger partial charge in [-0.05, 0) is 54.2 Å². The van der Waals surface area contributed by atoms with Gasteiger partial charge in [-0.25, -0.2) is 0 Å². The number of benzene rings is 1. The van der Waals surface area contributed by atoms with E-state index in [0.717, 1.165) is 31.4 Å². The predicted molar refractivity (Wildman–Crippen MR) is 99.5 cm³/mol. The summed E-state index contributed by atoms with van der Waals surface area (Å²) in [5.41, 5.74) is 0.141. The topological polar surface area (TPSA) is 100 Å². The lowest BCUT2D eigenvalue weighted by Gasteiger charge is -2.38. The van der Waals surface area contributed by atoms with Crippen molar-refractivity contribution in [2.24, 2.45) is 5.92 Å². The summed E-state index contributed by atoms with van der Waals surface area (Å²) in [6, 6.07) is 5.61. The number of nitrogens with one attached hydrogen (secondary N) is 1. The van der Waals surface area contributed by atoms with E-state index in [1.165, 1.54) is 7.11 Å². The first-order valence-corrected chi connectivity index (χ1v) is 9.60. The van der Waals surface area contributed by atoms with Crippen molar-refractivity contribution in [3.05, 3.63) is 24.0 Å². The van der Waals surface area contributed by atoms with Gasteiger partial charge in [-0.2, -0.15) is 4.68 Å². The first-order valence-electron chi connectivity index (χ1n) is 9.60. The minimum absolute atomic E-state index is 0.00287. The van der Waals surface area contributed by atoms with Crippen LogP contribution in [0, 0.1) is 5.92 Å². The van der Waals surface area contributed by atoms with E-state index in [9.17, 15) is 4.79 Å². The van der Waals surface area contributed by atoms with E-state index in [0.29, 0.717) is 36.5 Å². The van der Waals surface area contributed by atoms with Gasteiger partial charge in [-0.1, -0.05) is 6.92 Å². The van der Waals surface area contributed by atoms with Gasteiger partial charge in [0.2, 0.25) is 5.91 Å². The summed E-state index contributed by atoms with van der Waals surface area (Å²) in [6.07, 6.45) is 3.52. The third-order valence-electron chi connectivity index (χ3n) is 5.45. The van der Waals surface area contributed by atoms with E-state index in [-0.39, 0.29) is 12.5 Å². The molecule has 150 valence electrons. The Bertz CT molecular complexity index is 845. The number of fused-ring (bicyclic) bond motifs is 1. The fourth-order valence-electron chi connectivity index (χ4n) is 3.92. The molecular weight excluding hydrogens is 362 g/mol. The third kappa shape index (κ3) is 3.54. The quantitative estimate of drug-likeness (QED) is 0.832. The van der Waals surface area contributed by atoms with Crippen molar-refractivity contribution < 1.29 is 19.0 Å². The normalized spacial score (nSPS) is 24.0. The second-order valence-corrected chi connectivity index (χ2v) is 7.49. The van der Waals surface area contributed by atoms with Gasteiger partial charge in [0.25, 0.3) is 0 Å². The molecule has 2 heterocycles. The van der Waals surface area contributed by atoms with Crippen LogP contribution in [-0.2, 0) is 15.1 Å². The molecule has 2 aromatic rings. The highest BCUT2D eigenvalue weighted by Gasteiger charge is 2.42. The van der Waals surface area contributed by atoms with Crippen molar-refractivity contribution in [2.75, 3.05) is 26.9 Å². The molecule has 1 fully saturated rings. The van der Waals surface area contributed by atoms with Gasteiger partial charge >= 0.3 is 0 Å². The van der Waals surface area contributed by atoms with Crippen LogP contribution < -0.4 is 14.8 Å². The number of tetrazole rings is 1. The van der Waals surface area contributed by atoms with E-state index < -0.39 is 5.54 Å². The molecule has 0 unspecified atom stereocenters. The van der Waals surface area contributed by atoms with Gasteiger partial charge in [0.05, 0.1) is 5.69 Å². The van der Waals surface area contributed by atoms with E-state index in [2.05, 4.69) is 27.8 Å². The summed E-state index contributed by atoms with van der Waals surface area (Å²) in [4.78, 5) is 12.4. The summed E-state index contributed by atoms with van der Waals surface area (Å²) in [5, 5.41) is 15.6. The number of nitrogens with zero attached hydrogens (tertiary/aromatic N) is 4. The molecule has 0 radical (unpaired) electrons. The minimum Gasteiger partial charge on any atom is -0.486 e. The molecule has 1 N–H and O–H groups in total. The van der Waals surface area contributed by atoms with Crippen LogP contribution in [0.25, 0.3) is 5.69 Å². The number of ether oxygens (including phenoxy) is 3. The van der Waals surface area contributed by atoms with Crippen LogP contribution in [0.1, 0.15) is 38.4 Å². The average molecular weight is 387 g/mol. The molecule has 9 nitrogen and oxygen atoms in total. The minimum atomic E-state index is -0.626. The molecule has 1 amide bonds. The number of carbonyl (C=O) groups is 1. The fourth-order valence-corrected chi connectivity index (χ4v) is 3.92. The number of carbonyl (C=O) groups excluding carboxylic acids is 1. The van der Waals surface area contributed by atoms with Crippen molar-refractivity contribution in [3.8, 4) is 17.2 Å². The zero-order valence-electron chi connectivity index (χ0n) is 16.2. The number of aromatic nitrogens is 4. The Morgan fingerprint density at radius 2 is 2.04 bits per heavy atom. The highest BCUT2D eigenvalue weighted by molar-refractivity contribution is 5.78. The van der Waals surface area contributed by atoms with Gasteiger partial charge in [0.1, 0.15) is 25.4 Å². The molecule has 0 atom stereocenters. The monoisotopic (exact) mass is 387 g/mol. The van der Waals surface area contributed by atoms with E-state index in [1.54, 1.807) is 4.68 Å². The van der Waals surface area contributed by atoms with E-state index in [1.807, 2.05) is 18.2 Å². The van der Waals surface area contributed by atoms with E-state index in [4.69, 9.17) is 14.2 Å². The van der Waals surface area contributed by atoms with Crippen LogP contribution in [0.5, 0.6) is 11.5 Å². The zero-order chi connectivity index (χ0) is 19.6. The first kappa shape index (κ1) is 18.7. The molecule has 4 rings (SSSR count). The predicted octanol–water partition coefficient (Wildman–Crippen LogP) is 1.60. The van der Waals surface area contributed by atoms with Crippen molar-refractivity contribution in [2.45, 2.75) is 38.1 Å². The smallest absolute Gasteiger partial charge is 0.246 e. The summed E-state index contributed by atoms with van der Waals surface area (Å²) in [5.74, 6) is 2.43. The van der Waals surface area contributed by atoms with Crippen molar-refractivity contribution in [1.82, 2.24) is 25.5 Å². The molecule has 0 bridgehead atoms. The lowest BCUT2D eigenvalue weighted by Crippen LogP contribution is -2.50. The second-order valence-electron chi connectivity index (χ2n) is 7.49. The van der Waals surface area contributed by atoms with Crippen molar-refractivity contribution in [3.63, 3.8) is 0 Å². The van der Waals surface area contributed by atoms with Gasteiger partial charge in [-0.15, -0.1) is 5.10 Å². The van der Waals surface area contributed by atoms with Gasteiger partial charge < -0.3 is 19.5 Å². The molecule has 1 saturated carbocycles. The highest BCUT2D eigenvalue weighted by atomic mass is 16.6. The largest absolute Gasteiger partial charge is 0.486 e. The van der Waals surface area contributed by atoms with Gasteiger partial charge in [0.15, 0.2) is 17.3 Å². The Morgan fingerprint density at radius 1 is 1.29 bits per heavy atom. The SMILES string of the molecule is COCC(=O)NC1(c2nnnn2-c2ccc3c(c2)OCCO3)CCC(C)CC1. The number of hydrogen-bond acceptors (Lipinski definition) is 7. The summed E-state index contributed by atoms with van der Waals surface area (Å²) < 4.78 is 18.0. The fraction of sp³-hybridized carbons (Fsp3) is 0.579. The molecule has 0 spiro atoms. The van der Waals surface area contributed by atoms with E-state index >= 15 is 0 Å². The molecule has 2 aliphatic rings. The zero-order valence-corrected chi connectivity index (χ0v) is 16.2. The average Bonchev–Trinajstić information content (AvgIpc) is 3.20. The van der Waals surface area contributed by atoms with Crippen molar-refractivity contribution >= 4 is 5.91 Å². The Labute approximate surface area is 163 Å². The summed E-state index contributed by atoms with van der Waals surface area (Å²) in [6.45, 7) is 3.27. The lowest BCUT2D eigenvalue weighted by atomic mass is 9.76. The Kier molecular flexibility index (Phi) is 5.17. The van der Waals surface area contributed by atoms with Crippen LogP contribution in [-0.4, -0.2) is 53.0 Å². The number of hydrogen-bond donors (Lipinski definition) is 1. The summed E-state index contributed by atoms with van der Waals surface area (Å²) in [7, 11) is 1.51. The molecule has 28 heavy (non-hydrogen) atoms. The Balaban J connectivity index is 1.71. The lowest BCUT2D eigenvalue weighted by molar-refractivity contribution is -0.127. The summed E-state index contributed by atoms with van der Waals surface area (Å²) >= 11 is 0. The molecule has 1 aliphatic carbocycles. The maximum absolute atomic E-state index is 12.4. The molecular formula is C19H25N5O4. The van der Waals surface area contributed by atoms with Crippen LogP contribution in [0.4, 0.5) is 0 Å². The van der Waals surface area contributed by atoms with Crippen LogP contribution in [0.15, 0.2) is 18.2 Å². The molecule has 0 saturated heterocycles. The Hall–Kier alpha value is -2.68. The maximum Gasteiger partial charge on any atom is 0.246 e. The van der Waals surface area contributed by atoms with Crippen LogP contribution in [0.3, 0.4) is 0 Å².